The molecule has 0 aliphatic carbocycles. The van der Waals surface area contributed by atoms with Gasteiger partial charge in [-0.15, -0.1) is 0 Å². The van der Waals surface area contributed by atoms with Gasteiger partial charge in [-0.05, 0) is 81.4 Å². The first-order valence-electron chi connectivity index (χ1n) is 14.1. The number of amides is 2. The Bertz CT molecular complexity index is 1440. The van der Waals surface area contributed by atoms with Crippen LogP contribution in [-0.4, -0.2) is 59.9 Å². The molecule has 0 bridgehead atoms. The van der Waals surface area contributed by atoms with Crippen LogP contribution in [0.15, 0.2) is 97.3 Å². The van der Waals surface area contributed by atoms with E-state index in [1.165, 1.54) is 5.56 Å². The molecule has 8 heteroatoms. The van der Waals surface area contributed by atoms with Crippen molar-refractivity contribution in [3.63, 3.8) is 0 Å². The minimum Gasteiger partial charge on any atom is -0.491 e. The van der Waals surface area contributed by atoms with Gasteiger partial charge in [-0.2, -0.15) is 0 Å². The van der Waals surface area contributed by atoms with E-state index in [2.05, 4.69) is 34.4 Å². The number of benzene rings is 3. The topological polar surface area (TPSA) is 84.0 Å². The molecule has 42 heavy (non-hydrogen) atoms. The van der Waals surface area contributed by atoms with Gasteiger partial charge in [0.15, 0.2) is 5.75 Å². The summed E-state index contributed by atoms with van der Waals surface area (Å²) in [6, 6.07) is 26.3. The average molecular weight is 567 g/mol. The smallest absolute Gasteiger partial charge is 0.257 e. The van der Waals surface area contributed by atoms with Crippen LogP contribution in [0.4, 0.5) is 5.69 Å². The van der Waals surface area contributed by atoms with Crippen LogP contribution >= 0.6 is 0 Å². The fourth-order valence-corrected chi connectivity index (χ4v) is 4.27. The van der Waals surface area contributed by atoms with E-state index in [-0.39, 0.29) is 17.9 Å². The Kier molecular flexibility index (Phi) is 10.7. The largest absolute Gasteiger partial charge is 0.491 e. The maximum Gasteiger partial charge on any atom is 0.257 e. The van der Waals surface area contributed by atoms with E-state index in [9.17, 15) is 9.59 Å². The quantitative estimate of drug-likeness (QED) is 0.186. The fraction of sp³-hybridized carbons (Fsp3) is 0.265. The number of para-hydroxylation sites is 2. The highest BCUT2D eigenvalue weighted by Gasteiger charge is 2.22. The number of nitrogens with zero attached hydrogens (tertiary/aromatic N) is 3. The SMILES string of the molecule is CC(C)N(C)C(=O)c1cccc(NC(=O)c2ccncc2)c1OCCCN(C)Cc1ccc(Oc2ccccc2)cc1. The molecule has 0 fully saturated rings. The van der Waals surface area contributed by atoms with E-state index in [0.717, 1.165) is 31.0 Å². The zero-order chi connectivity index (χ0) is 29.9. The molecule has 1 N–H and O–H groups in total. The molecule has 0 aliphatic rings. The molecule has 4 rings (SSSR count). The summed E-state index contributed by atoms with van der Waals surface area (Å²) in [4.78, 5) is 34.0. The molecule has 0 saturated carbocycles. The summed E-state index contributed by atoms with van der Waals surface area (Å²) in [5.74, 6) is 1.50. The summed E-state index contributed by atoms with van der Waals surface area (Å²) in [5, 5.41) is 2.91. The van der Waals surface area contributed by atoms with Gasteiger partial charge in [-0.1, -0.05) is 36.4 Å². The van der Waals surface area contributed by atoms with Gasteiger partial charge >= 0.3 is 0 Å². The molecule has 0 unspecified atom stereocenters. The van der Waals surface area contributed by atoms with Crippen LogP contribution in [0.1, 0.15) is 46.5 Å². The van der Waals surface area contributed by atoms with Crippen molar-refractivity contribution >= 4 is 17.5 Å². The van der Waals surface area contributed by atoms with Gasteiger partial charge in [-0.25, -0.2) is 0 Å². The van der Waals surface area contributed by atoms with Crippen LogP contribution in [0.2, 0.25) is 0 Å². The van der Waals surface area contributed by atoms with Gasteiger partial charge in [0.05, 0.1) is 17.9 Å². The first-order valence-corrected chi connectivity index (χ1v) is 14.1. The molecule has 8 nitrogen and oxygen atoms in total. The summed E-state index contributed by atoms with van der Waals surface area (Å²) < 4.78 is 12.1. The molecule has 4 aromatic rings. The Labute approximate surface area is 247 Å². The molecule has 0 radical (unpaired) electrons. The predicted octanol–water partition coefficient (Wildman–Crippen LogP) is 6.51. The molecule has 2 amide bonds. The summed E-state index contributed by atoms with van der Waals surface area (Å²) in [6.07, 6.45) is 3.85. The molecule has 0 atom stereocenters. The molecule has 1 heterocycles. The van der Waals surface area contributed by atoms with E-state index in [1.54, 1.807) is 54.7 Å². The number of carbonyl (C=O) groups is 2. The highest BCUT2D eigenvalue weighted by atomic mass is 16.5. The highest BCUT2D eigenvalue weighted by molar-refractivity contribution is 6.07. The minimum atomic E-state index is -0.302. The number of anilines is 1. The Hall–Kier alpha value is -4.69. The number of hydrogen-bond acceptors (Lipinski definition) is 6. The number of pyridine rings is 1. The number of nitrogens with one attached hydrogen (secondary N) is 1. The van der Waals surface area contributed by atoms with E-state index in [4.69, 9.17) is 9.47 Å². The standard InChI is InChI=1S/C34H38N4O4/c1-25(2)38(4)34(40)30-12-8-13-31(36-33(39)27-18-20-35-21-19-27)32(30)41-23-9-22-37(3)24-26-14-16-29(17-15-26)42-28-10-6-5-7-11-28/h5-8,10-21,25H,9,22-24H2,1-4H3,(H,36,39). The molecule has 0 spiro atoms. The van der Waals surface area contributed by atoms with Crippen molar-refractivity contribution in [1.29, 1.82) is 0 Å². The number of hydrogen-bond donors (Lipinski definition) is 1. The van der Waals surface area contributed by atoms with E-state index < -0.39 is 0 Å². The van der Waals surface area contributed by atoms with Crippen molar-refractivity contribution in [2.75, 3.05) is 32.6 Å². The average Bonchev–Trinajstić information content (AvgIpc) is 3.01. The lowest BCUT2D eigenvalue weighted by molar-refractivity contribution is 0.0750. The first-order chi connectivity index (χ1) is 20.3. The number of carbonyl (C=O) groups excluding carboxylic acids is 2. The van der Waals surface area contributed by atoms with Crippen molar-refractivity contribution in [2.24, 2.45) is 0 Å². The molecular formula is C34H38N4O4. The first kappa shape index (κ1) is 30.3. The maximum absolute atomic E-state index is 13.3. The second-order valence-electron chi connectivity index (χ2n) is 10.4. The van der Waals surface area contributed by atoms with Gasteiger partial charge in [0.25, 0.3) is 11.8 Å². The minimum absolute atomic E-state index is 0.00744. The van der Waals surface area contributed by atoms with Crippen molar-refractivity contribution in [1.82, 2.24) is 14.8 Å². The summed E-state index contributed by atoms with van der Waals surface area (Å²) in [5.41, 5.74) is 2.50. The molecular weight excluding hydrogens is 528 g/mol. The Balaban J connectivity index is 1.37. The molecule has 0 saturated heterocycles. The van der Waals surface area contributed by atoms with Gasteiger partial charge in [0, 0.05) is 44.1 Å². The molecule has 218 valence electrons. The summed E-state index contributed by atoms with van der Waals surface area (Å²) in [6.45, 7) is 5.83. The van der Waals surface area contributed by atoms with Crippen molar-refractivity contribution in [3.05, 3.63) is 114 Å². The predicted molar refractivity (Wildman–Crippen MR) is 165 cm³/mol. The van der Waals surface area contributed by atoms with Crippen LogP contribution in [-0.2, 0) is 6.54 Å². The van der Waals surface area contributed by atoms with Gasteiger partial charge < -0.3 is 24.6 Å². The Morgan fingerprint density at radius 3 is 2.24 bits per heavy atom. The van der Waals surface area contributed by atoms with Crippen molar-refractivity contribution in [2.45, 2.75) is 32.9 Å². The molecule has 3 aromatic carbocycles. The zero-order valence-corrected chi connectivity index (χ0v) is 24.6. The third-order valence-corrected chi connectivity index (χ3v) is 6.82. The lowest BCUT2D eigenvalue weighted by Crippen LogP contribution is -2.33. The third-order valence-electron chi connectivity index (χ3n) is 6.82. The lowest BCUT2D eigenvalue weighted by atomic mass is 10.1. The monoisotopic (exact) mass is 566 g/mol. The van der Waals surface area contributed by atoms with E-state index >= 15 is 0 Å². The number of ether oxygens (including phenoxy) is 2. The molecule has 0 aliphatic heterocycles. The Morgan fingerprint density at radius 1 is 0.857 bits per heavy atom. The van der Waals surface area contributed by atoms with Crippen LogP contribution in [0.25, 0.3) is 0 Å². The normalized spacial score (nSPS) is 10.9. The summed E-state index contributed by atoms with van der Waals surface area (Å²) >= 11 is 0. The lowest BCUT2D eigenvalue weighted by Gasteiger charge is -2.24. The second-order valence-corrected chi connectivity index (χ2v) is 10.4. The fourth-order valence-electron chi connectivity index (χ4n) is 4.27. The maximum atomic E-state index is 13.3. The second kappa shape index (κ2) is 14.8. The van der Waals surface area contributed by atoms with Crippen LogP contribution in [0.3, 0.4) is 0 Å². The molecule has 1 aromatic heterocycles. The third kappa shape index (κ3) is 8.41. The van der Waals surface area contributed by atoms with Gasteiger partial charge in [-0.3, -0.25) is 14.6 Å². The summed E-state index contributed by atoms with van der Waals surface area (Å²) in [7, 11) is 3.82. The highest BCUT2D eigenvalue weighted by Crippen LogP contribution is 2.31. The van der Waals surface area contributed by atoms with E-state index in [0.29, 0.717) is 29.2 Å². The van der Waals surface area contributed by atoms with Crippen molar-refractivity contribution < 1.29 is 19.1 Å². The van der Waals surface area contributed by atoms with Crippen LogP contribution < -0.4 is 14.8 Å². The van der Waals surface area contributed by atoms with Crippen LogP contribution in [0.5, 0.6) is 17.2 Å². The van der Waals surface area contributed by atoms with Gasteiger partial charge in [0.2, 0.25) is 0 Å². The number of rotatable bonds is 13. The van der Waals surface area contributed by atoms with Crippen molar-refractivity contribution in [3.8, 4) is 17.2 Å². The number of aromatic nitrogens is 1. The van der Waals surface area contributed by atoms with Gasteiger partial charge in [0.1, 0.15) is 11.5 Å². The Morgan fingerprint density at radius 2 is 1.55 bits per heavy atom. The van der Waals surface area contributed by atoms with Crippen LogP contribution in [0, 0.1) is 0 Å². The van der Waals surface area contributed by atoms with E-state index in [1.807, 2.05) is 56.3 Å². The zero-order valence-electron chi connectivity index (χ0n) is 24.6.